The van der Waals surface area contributed by atoms with Gasteiger partial charge in [-0.1, -0.05) is 38.1 Å². The van der Waals surface area contributed by atoms with E-state index in [9.17, 15) is 0 Å². The molecule has 0 fully saturated rings. The van der Waals surface area contributed by atoms with E-state index in [1.165, 1.54) is 11.1 Å². The number of rotatable bonds is 11. The summed E-state index contributed by atoms with van der Waals surface area (Å²) in [5, 5.41) is 3.11. The molecule has 0 aliphatic rings. The monoisotopic (exact) mass is 448 g/mol. The Balaban J connectivity index is 0.00000529. The van der Waals surface area contributed by atoms with Crippen molar-refractivity contribution in [3.8, 4) is 0 Å². The number of halogens is 1. The molecule has 138 valence electrons. The minimum Gasteiger partial charge on any atom is -0.382 e. The molecular formula is C18H33IN4O. The van der Waals surface area contributed by atoms with Gasteiger partial charge in [-0.25, -0.2) is 4.99 Å². The normalized spacial score (nSPS) is 11.4. The summed E-state index contributed by atoms with van der Waals surface area (Å²) in [6.45, 7) is 12.4. The van der Waals surface area contributed by atoms with E-state index in [0.717, 1.165) is 45.8 Å². The highest BCUT2D eigenvalue weighted by atomic mass is 127. The predicted octanol–water partition coefficient (Wildman–Crippen LogP) is 2.98. The maximum atomic E-state index is 5.86. The van der Waals surface area contributed by atoms with Gasteiger partial charge in [0, 0.05) is 26.3 Å². The maximum absolute atomic E-state index is 5.86. The van der Waals surface area contributed by atoms with Gasteiger partial charge in [0.25, 0.3) is 0 Å². The Hall–Kier alpha value is -0.860. The molecule has 0 spiro atoms. The molecular weight excluding hydrogens is 415 g/mol. The molecule has 24 heavy (non-hydrogen) atoms. The molecule has 0 aromatic heterocycles. The van der Waals surface area contributed by atoms with Gasteiger partial charge >= 0.3 is 0 Å². The Bertz CT molecular complexity index is 447. The van der Waals surface area contributed by atoms with E-state index in [4.69, 9.17) is 10.5 Å². The number of nitrogens with zero attached hydrogens (tertiary/aromatic N) is 2. The molecule has 0 bridgehead atoms. The molecule has 1 rings (SSSR count). The van der Waals surface area contributed by atoms with Gasteiger partial charge < -0.3 is 15.8 Å². The SMILES string of the molecule is CCOCCCNC(N)=NCc1ccc(CN(CC)CC)cc1.I. The number of nitrogens with two attached hydrogens (primary N) is 1. The quantitative estimate of drug-likeness (QED) is 0.237. The molecule has 1 aromatic rings. The van der Waals surface area contributed by atoms with E-state index < -0.39 is 0 Å². The number of aliphatic imine (C=N–C) groups is 1. The highest BCUT2D eigenvalue weighted by Gasteiger charge is 2.01. The van der Waals surface area contributed by atoms with Crippen molar-refractivity contribution >= 4 is 29.9 Å². The second kappa shape index (κ2) is 14.5. The summed E-state index contributed by atoms with van der Waals surface area (Å²) in [4.78, 5) is 6.77. The zero-order chi connectivity index (χ0) is 16.9. The molecule has 1 aromatic carbocycles. The molecule has 0 aliphatic carbocycles. The molecule has 0 unspecified atom stereocenters. The third kappa shape index (κ3) is 10.1. The average molecular weight is 448 g/mol. The first-order valence-corrected chi connectivity index (χ1v) is 8.61. The van der Waals surface area contributed by atoms with Crippen LogP contribution >= 0.6 is 24.0 Å². The van der Waals surface area contributed by atoms with Crippen LogP contribution in [0.25, 0.3) is 0 Å². The lowest BCUT2D eigenvalue weighted by Gasteiger charge is -2.17. The van der Waals surface area contributed by atoms with Crippen LogP contribution in [0.15, 0.2) is 29.3 Å². The highest BCUT2D eigenvalue weighted by molar-refractivity contribution is 14.0. The lowest BCUT2D eigenvalue weighted by molar-refractivity contribution is 0.145. The van der Waals surface area contributed by atoms with Crippen LogP contribution in [0.1, 0.15) is 38.3 Å². The Morgan fingerprint density at radius 1 is 1.12 bits per heavy atom. The molecule has 0 atom stereocenters. The van der Waals surface area contributed by atoms with Gasteiger partial charge in [0.1, 0.15) is 0 Å². The van der Waals surface area contributed by atoms with Crippen molar-refractivity contribution in [1.82, 2.24) is 10.2 Å². The largest absolute Gasteiger partial charge is 0.382 e. The fourth-order valence-corrected chi connectivity index (χ4v) is 2.22. The van der Waals surface area contributed by atoms with Gasteiger partial charge in [0.15, 0.2) is 5.96 Å². The fraction of sp³-hybridized carbons (Fsp3) is 0.611. The van der Waals surface area contributed by atoms with Crippen LogP contribution in [0.2, 0.25) is 0 Å². The number of nitrogens with one attached hydrogen (secondary N) is 1. The minimum absolute atomic E-state index is 0. The van der Waals surface area contributed by atoms with E-state index in [1.54, 1.807) is 0 Å². The minimum atomic E-state index is 0. The number of guanidine groups is 1. The molecule has 0 saturated carbocycles. The summed E-state index contributed by atoms with van der Waals surface area (Å²) in [6, 6.07) is 8.61. The summed E-state index contributed by atoms with van der Waals surface area (Å²) in [6.07, 6.45) is 0.935. The third-order valence-corrected chi connectivity index (χ3v) is 3.73. The van der Waals surface area contributed by atoms with E-state index in [2.05, 4.69) is 53.3 Å². The van der Waals surface area contributed by atoms with Gasteiger partial charge in [-0.05, 0) is 37.6 Å². The highest BCUT2D eigenvalue weighted by Crippen LogP contribution is 2.08. The molecule has 0 heterocycles. The summed E-state index contributed by atoms with van der Waals surface area (Å²) in [7, 11) is 0. The summed E-state index contributed by atoms with van der Waals surface area (Å²) >= 11 is 0. The number of hydrogen-bond acceptors (Lipinski definition) is 3. The topological polar surface area (TPSA) is 62.9 Å². The zero-order valence-electron chi connectivity index (χ0n) is 15.3. The standard InChI is InChI=1S/C18H32N4O.HI/c1-4-22(5-2)15-17-10-8-16(9-11-17)14-21-18(19)20-12-7-13-23-6-3;/h8-11H,4-7,12-15H2,1-3H3,(H3,19,20,21);1H. The van der Waals surface area contributed by atoms with Crippen molar-refractivity contribution in [3.63, 3.8) is 0 Å². The first kappa shape index (κ1) is 23.1. The Morgan fingerprint density at radius 2 is 1.75 bits per heavy atom. The second-order valence-corrected chi connectivity index (χ2v) is 5.46. The first-order valence-electron chi connectivity index (χ1n) is 8.61. The maximum Gasteiger partial charge on any atom is 0.188 e. The van der Waals surface area contributed by atoms with Gasteiger partial charge in [-0.3, -0.25) is 4.90 Å². The number of benzene rings is 1. The van der Waals surface area contributed by atoms with Crippen LogP contribution in [-0.2, 0) is 17.8 Å². The summed E-state index contributed by atoms with van der Waals surface area (Å²) in [5.41, 5.74) is 8.37. The first-order chi connectivity index (χ1) is 11.2. The van der Waals surface area contributed by atoms with E-state index in [1.807, 2.05) is 6.92 Å². The van der Waals surface area contributed by atoms with Gasteiger partial charge in [-0.2, -0.15) is 0 Å². The van der Waals surface area contributed by atoms with Gasteiger partial charge in [-0.15, -0.1) is 24.0 Å². The van der Waals surface area contributed by atoms with E-state index >= 15 is 0 Å². The van der Waals surface area contributed by atoms with Crippen molar-refractivity contribution in [2.75, 3.05) is 32.8 Å². The van der Waals surface area contributed by atoms with Crippen LogP contribution in [0, 0.1) is 0 Å². The molecule has 5 nitrogen and oxygen atoms in total. The summed E-state index contributed by atoms with van der Waals surface area (Å²) in [5.74, 6) is 0.494. The van der Waals surface area contributed by atoms with Crippen LogP contribution in [0.4, 0.5) is 0 Å². The van der Waals surface area contributed by atoms with Crippen molar-refractivity contribution in [2.24, 2.45) is 10.7 Å². The van der Waals surface area contributed by atoms with Crippen molar-refractivity contribution in [3.05, 3.63) is 35.4 Å². The molecule has 3 N–H and O–H groups in total. The average Bonchev–Trinajstić information content (AvgIpc) is 2.58. The van der Waals surface area contributed by atoms with Gasteiger partial charge in [0.05, 0.1) is 6.54 Å². The Morgan fingerprint density at radius 3 is 2.33 bits per heavy atom. The lowest BCUT2D eigenvalue weighted by atomic mass is 10.1. The number of hydrogen-bond donors (Lipinski definition) is 2. The van der Waals surface area contributed by atoms with Gasteiger partial charge in [0.2, 0.25) is 0 Å². The predicted molar refractivity (Wildman–Crippen MR) is 113 cm³/mol. The van der Waals surface area contributed by atoms with Crippen LogP contribution in [-0.4, -0.2) is 43.7 Å². The molecule has 6 heteroatoms. The third-order valence-electron chi connectivity index (χ3n) is 3.73. The zero-order valence-corrected chi connectivity index (χ0v) is 17.6. The summed E-state index contributed by atoms with van der Waals surface area (Å²) < 4.78 is 5.28. The molecule has 0 saturated heterocycles. The van der Waals surface area contributed by atoms with E-state index in [-0.39, 0.29) is 24.0 Å². The van der Waals surface area contributed by atoms with Crippen molar-refractivity contribution in [1.29, 1.82) is 0 Å². The smallest absolute Gasteiger partial charge is 0.188 e. The van der Waals surface area contributed by atoms with Crippen LogP contribution < -0.4 is 11.1 Å². The number of ether oxygens (including phenoxy) is 1. The fourth-order valence-electron chi connectivity index (χ4n) is 2.22. The van der Waals surface area contributed by atoms with Crippen molar-refractivity contribution < 1.29 is 4.74 Å². The van der Waals surface area contributed by atoms with Crippen molar-refractivity contribution in [2.45, 2.75) is 40.3 Å². The van der Waals surface area contributed by atoms with Crippen LogP contribution in [0.3, 0.4) is 0 Å². The van der Waals surface area contributed by atoms with E-state index in [0.29, 0.717) is 12.5 Å². The van der Waals surface area contributed by atoms with Crippen LogP contribution in [0.5, 0.6) is 0 Å². The second-order valence-electron chi connectivity index (χ2n) is 5.46. The molecule has 0 amide bonds. The Kier molecular flexibility index (Phi) is 14.0. The lowest BCUT2D eigenvalue weighted by Crippen LogP contribution is -2.32. The Labute approximate surface area is 164 Å². The molecule has 0 aliphatic heterocycles. The molecule has 0 radical (unpaired) electrons.